The fourth-order valence-electron chi connectivity index (χ4n) is 2.28. The van der Waals surface area contributed by atoms with E-state index in [1.165, 1.54) is 0 Å². The van der Waals surface area contributed by atoms with E-state index in [2.05, 4.69) is 5.32 Å². The number of rotatable bonds is 2. The molecule has 1 aromatic carbocycles. The molecular formula is C14H17ClN2O2. The minimum Gasteiger partial charge on any atom is -0.348 e. The van der Waals surface area contributed by atoms with E-state index in [1.807, 2.05) is 6.92 Å². The molecule has 102 valence electrons. The summed E-state index contributed by atoms with van der Waals surface area (Å²) in [6.45, 7) is 2.43. The van der Waals surface area contributed by atoms with Gasteiger partial charge < -0.3 is 10.2 Å². The van der Waals surface area contributed by atoms with E-state index < -0.39 is 0 Å². The van der Waals surface area contributed by atoms with Crippen LogP contribution in [-0.4, -0.2) is 36.3 Å². The molecule has 1 fully saturated rings. The van der Waals surface area contributed by atoms with E-state index in [-0.39, 0.29) is 17.9 Å². The van der Waals surface area contributed by atoms with Crippen LogP contribution in [-0.2, 0) is 4.79 Å². The standard InChI is InChI=1S/C14H17ClN2O2/c1-9-7-10(15)3-5-12(9)14(19)16-11-4-6-13(18)17(2)8-11/h3,5,7,11H,4,6,8H2,1-2H3,(H,16,19)/t11-/m0/s1. The molecule has 4 nitrogen and oxygen atoms in total. The number of amides is 2. The number of likely N-dealkylation sites (tertiary alicyclic amines) is 1. The van der Waals surface area contributed by atoms with Crippen LogP contribution in [0.15, 0.2) is 18.2 Å². The fourth-order valence-corrected chi connectivity index (χ4v) is 2.50. The van der Waals surface area contributed by atoms with E-state index in [9.17, 15) is 9.59 Å². The molecule has 19 heavy (non-hydrogen) atoms. The second-order valence-electron chi connectivity index (χ2n) is 4.94. The Kier molecular flexibility index (Phi) is 4.10. The Morgan fingerprint density at radius 2 is 2.21 bits per heavy atom. The third-order valence-corrected chi connectivity index (χ3v) is 3.63. The summed E-state index contributed by atoms with van der Waals surface area (Å²) in [4.78, 5) is 25.2. The third kappa shape index (κ3) is 3.26. The summed E-state index contributed by atoms with van der Waals surface area (Å²) in [5, 5.41) is 3.59. The van der Waals surface area contributed by atoms with Crippen LogP contribution in [0.25, 0.3) is 0 Å². The quantitative estimate of drug-likeness (QED) is 0.901. The van der Waals surface area contributed by atoms with Crippen LogP contribution in [0.1, 0.15) is 28.8 Å². The first-order chi connectivity index (χ1) is 8.97. The minimum absolute atomic E-state index is 0.0188. The van der Waals surface area contributed by atoms with Crippen molar-refractivity contribution < 1.29 is 9.59 Å². The smallest absolute Gasteiger partial charge is 0.251 e. The van der Waals surface area contributed by atoms with E-state index in [4.69, 9.17) is 11.6 Å². The predicted octanol–water partition coefficient (Wildman–Crippen LogP) is 2.00. The molecule has 1 aromatic rings. The molecule has 1 atom stereocenters. The monoisotopic (exact) mass is 280 g/mol. The van der Waals surface area contributed by atoms with Crippen molar-refractivity contribution in [3.63, 3.8) is 0 Å². The Morgan fingerprint density at radius 1 is 1.47 bits per heavy atom. The van der Waals surface area contributed by atoms with E-state index in [0.717, 1.165) is 5.56 Å². The number of nitrogens with zero attached hydrogens (tertiary/aromatic N) is 1. The van der Waals surface area contributed by atoms with Crippen LogP contribution in [0.3, 0.4) is 0 Å². The highest BCUT2D eigenvalue weighted by atomic mass is 35.5. The first-order valence-electron chi connectivity index (χ1n) is 6.28. The van der Waals surface area contributed by atoms with Crippen molar-refractivity contribution in [1.29, 1.82) is 0 Å². The van der Waals surface area contributed by atoms with Gasteiger partial charge in [-0.05, 0) is 37.1 Å². The van der Waals surface area contributed by atoms with Gasteiger partial charge in [0.2, 0.25) is 5.91 Å². The van der Waals surface area contributed by atoms with Crippen LogP contribution >= 0.6 is 11.6 Å². The van der Waals surface area contributed by atoms with Crippen LogP contribution in [0.4, 0.5) is 0 Å². The molecule has 0 spiro atoms. The summed E-state index contributed by atoms with van der Waals surface area (Å²) in [6, 6.07) is 5.22. The van der Waals surface area contributed by atoms with Gasteiger partial charge in [-0.25, -0.2) is 0 Å². The highest BCUT2D eigenvalue weighted by Gasteiger charge is 2.24. The lowest BCUT2D eigenvalue weighted by Gasteiger charge is -2.30. The molecule has 1 saturated heterocycles. The number of halogens is 1. The third-order valence-electron chi connectivity index (χ3n) is 3.39. The molecule has 1 heterocycles. The number of likely N-dealkylation sites (N-methyl/N-ethyl adjacent to an activating group) is 1. The molecule has 5 heteroatoms. The van der Waals surface area contributed by atoms with Crippen molar-refractivity contribution >= 4 is 23.4 Å². The van der Waals surface area contributed by atoms with Crippen molar-refractivity contribution in [3.8, 4) is 0 Å². The topological polar surface area (TPSA) is 49.4 Å². The van der Waals surface area contributed by atoms with Crippen LogP contribution in [0.2, 0.25) is 5.02 Å². The van der Waals surface area contributed by atoms with Crippen molar-refractivity contribution in [2.45, 2.75) is 25.8 Å². The highest BCUT2D eigenvalue weighted by molar-refractivity contribution is 6.30. The largest absolute Gasteiger partial charge is 0.348 e. The van der Waals surface area contributed by atoms with E-state index in [0.29, 0.717) is 30.0 Å². The number of piperidine rings is 1. The summed E-state index contributed by atoms with van der Waals surface area (Å²) < 4.78 is 0. The van der Waals surface area contributed by atoms with Gasteiger partial charge in [-0.15, -0.1) is 0 Å². The van der Waals surface area contributed by atoms with Gasteiger partial charge in [-0.1, -0.05) is 11.6 Å². The Morgan fingerprint density at radius 3 is 2.84 bits per heavy atom. The first kappa shape index (κ1) is 13.9. The summed E-state index contributed by atoms with van der Waals surface area (Å²) in [5.74, 6) is 0.0232. The zero-order valence-corrected chi connectivity index (χ0v) is 11.8. The predicted molar refractivity (Wildman–Crippen MR) is 74.3 cm³/mol. The Bertz CT molecular complexity index is 516. The van der Waals surface area contributed by atoms with Crippen molar-refractivity contribution in [3.05, 3.63) is 34.3 Å². The number of carbonyl (C=O) groups is 2. The van der Waals surface area contributed by atoms with Crippen LogP contribution in [0, 0.1) is 6.92 Å². The molecule has 2 rings (SSSR count). The molecule has 2 amide bonds. The zero-order valence-electron chi connectivity index (χ0n) is 11.1. The molecule has 0 bridgehead atoms. The number of benzene rings is 1. The zero-order chi connectivity index (χ0) is 14.0. The summed E-state index contributed by atoms with van der Waals surface area (Å²) in [7, 11) is 1.76. The molecule has 0 aliphatic carbocycles. The van der Waals surface area contributed by atoms with E-state index in [1.54, 1.807) is 30.1 Å². The second kappa shape index (κ2) is 5.61. The Hall–Kier alpha value is -1.55. The fraction of sp³-hybridized carbons (Fsp3) is 0.429. The van der Waals surface area contributed by atoms with Gasteiger partial charge in [0.15, 0.2) is 0 Å². The van der Waals surface area contributed by atoms with Crippen molar-refractivity contribution in [1.82, 2.24) is 10.2 Å². The van der Waals surface area contributed by atoms with Crippen molar-refractivity contribution in [2.24, 2.45) is 0 Å². The number of aryl methyl sites for hydroxylation is 1. The van der Waals surface area contributed by atoms with Crippen LogP contribution in [0.5, 0.6) is 0 Å². The molecule has 0 aromatic heterocycles. The number of hydrogen-bond acceptors (Lipinski definition) is 2. The van der Waals surface area contributed by atoms with Gasteiger partial charge in [0.05, 0.1) is 0 Å². The van der Waals surface area contributed by atoms with Gasteiger partial charge in [0.1, 0.15) is 0 Å². The molecule has 0 unspecified atom stereocenters. The number of carbonyl (C=O) groups excluding carboxylic acids is 2. The average Bonchev–Trinajstić information content (AvgIpc) is 2.33. The van der Waals surface area contributed by atoms with Gasteiger partial charge in [-0.3, -0.25) is 9.59 Å². The molecular weight excluding hydrogens is 264 g/mol. The molecule has 1 aliphatic heterocycles. The summed E-state index contributed by atoms with van der Waals surface area (Å²) in [6.07, 6.45) is 1.18. The lowest BCUT2D eigenvalue weighted by atomic mass is 10.0. The minimum atomic E-state index is -0.109. The second-order valence-corrected chi connectivity index (χ2v) is 5.38. The number of nitrogens with one attached hydrogen (secondary N) is 1. The summed E-state index contributed by atoms with van der Waals surface area (Å²) in [5.41, 5.74) is 1.48. The average molecular weight is 281 g/mol. The Labute approximate surface area is 117 Å². The lowest BCUT2D eigenvalue weighted by Crippen LogP contribution is -2.48. The van der Waals surface area contributed by atoms with E-state index >= 15 is 0 Å². The molecule has 1 aliphatic rings. The maximum atomic E-state index is 12.2. The Balaban J connectivity index is 2.03. The molecule has 1 N–H and O–H groups in total. The highest BCUT2D eigenvalue weighted by Crippen LogP contribution is 2.16. The lowest BCUT2D eigenvalue weighted by molar-refractivity contribution is -0.132. The van der Waals surface area contributed by atoms with Gasteiger partial charge in [-0.2, -0.15) is 0 Å². The normalized spacial score (nSPS) is 19.4. The molecule has 0 saturated carbocycles. The van der Waals surface area contributed by atoms with Gasteiger partial charge in [0.25, 0.3) is 5.91 Å². The summed E-state index contributed by atoms with van der Waals surface area (Å²) >= 11 is 5.87. The van der Waals surface area contributed by atoms with Crippen molar-refractivity contribution in [2.75, 3.05) is 13.6 Å². The number of hydrogen-bond donors (Lipinski definition) is 1. The first-order valence-corrected chi connectivity index (χ1v) is 6.66. The van der Waals surface area contributed by atoms with Gasteiger partial charge >= 0.3 is 0 Å². The van der Waals surface area contributed by atoms with Crippen LogP contribution < -0.4 is 5.32 Å². The molecule has 0 radical (unpaired) electrons. The maximum Gasteiger partial charge on any atom is 0.251 e. The maximum absolute atomic E-state index is 12.2. The SMILES string of the molecule is Cc1cc(Cl)ccc1C(=O)N[C@H]1CCC(=O)N(C)C1. The van der Waals surface area contributed by atoms with Gasteiger partial charge in [0, 0.05) is 36.6 Å².